The van der Waals surface area contributed by atoms with Crippen LogP contribution in [0.2, 0.25) is 0 Å². The van der Waals surface area contributed by atoms with Crippen molar-refractivity contribution in [1.29, 1.82) is 0 Å². The van der Waals surface area contributed by atoms with Gasteiger partial charge in [-0.25, -0.2) is 4.98 Å². The van der Waals surface area contributed by atoms with Crippen LogP contribution in [0, 0.1) is 19.8 Å². The number of hydrogen-bond donors (Lipinski definition) is 2. The smallest absolute Gasteiger partial charge is 0.253 e. The Balaban J connectivity index is 1.39. The number of hydrogen-bond acceptors (Lipinski definition) is 5. The van der Waals surface area contributed by atoms with E-state index in [-0.39, 0.29) is 17.9 Å². The lowest BCUT2D eigenvalue weighted by molar-refractivity contribution is 0.0798. The van der Waals surface area contributed by atoms with Gasteiger partial charge in [0.25, 0.3) is 5.91 Å². The summed E-state index contributed by atoms with van der Waals surface area (Å²) in [5.74, 6) is 2.13. The van der Waals surface area contributed by atoms with Gasteiger partial charge in [0.05, 0.1) is 11.3 Å². The van der Waals surface area contributed by atoms with Gasteiger partial charge in [-0.05, 0) is 45.2 Å². The molecule has 1 aliphatic carbocycles. The lowest BCUT2D eigenvalue weighted by Crippen LogP contribution is -2.31. The lowest BCUT2D eigenvalue weighted by atomic mass is 10.0. The van der Waals surface area contributed by atoms with Gasteiger partial charge in [-0.1, -0.05) is 0 Å². The molecule has 2 N–H and O–H groups in total. The number of rotatable bonds is 5. The van der Waals surface area contributed by atoms with E-state index in [0.717, 1.165) is 23.6 Å². The zero-order valence-electron chi connectivity index (χ0n) is 14.6. The largest absolute Gasteiger partial charge is 0.370 e. The average Bonchev–Trinajstić information content (AvgIpc) is 3.19. The predicted molar refractivity (Wildman–Crippen MR) is 91.2 cm³/mol. The second-order valence-electron chi connectivity index (χ2n) is 6.97. The van der Waals surface area contributed by atoms with Crippen molar-refractivity contribution >= 4 is 5.91 Å². The molecule has 0 unspecified atom stereocenters. The highest BCUT2D eigenvalue weighted by Gasteiger charge is 2.33. The van der Waals surface area contributed by atoms with Gasteiger partial charge in [-0.2, -0.15) is 5.10 Å². The van der Waals surface area contributed by atoms with E-state index in [0.29, 0.717) is 30.5 Å². The number of aryl methyl sites for hydroxylation is 2. The van der Waals surface area contributed by atoms with Crippen LogP contribution in [0.1, 0.15) is 64.7 Å². The Labute approximate surface area is 146 Å². The number of H-pyrrole nitrogens is 1. The molecule has 1 aliphatic heterocycles. The molecule has 2 aliphatic rings. The molecular formula is C18H23N5O2. The number of carbonyl (C=O) groups is 1. The van der Waals surface area contributed by atoms with Crippen LogP contribution in [0.25, 0.3) is 0 Å². The van der Waals surface area contributed by atoms with E-state index in [9.17, 15) is 4.79 Å². The van der Waals surface area contributed by atoms with Crippen LogP contribution in [0.4, 0.5) is 0 Å². The SMILES string of the molecule is Cc1nc([C@H]2OCC[C@H]2CNC(=O)c2ccc(C3CC3)nc2C)n[nH]1. The molecule has 1 saturated heterocycles. The van der Waals surface area contributed by atoms with Gasteiger partial charge >= 0.3 is 0 Å². The van der Waals surface area contributed by atoms with Crippen molar-refractivity contribution in [2.45, 2.75) is 45.1 Å². The van der Waals surface area contributed by atoms with E-state index in [1.54, 1.807) is 0 Å². The van der Waals surface area contributed by atoms with Crippen LogP contribution in [0.3, 0.4) is 0 Å². The maximum absolute atomic E-state index is 12.5. The van der Waals surface area contributed by atoms with Crippen LogP contribution in [-0.4, -0.2) is 39.2 Å². The molecule has 0 aromatic carbocycles. The molecule has 7 nitrogen and oxygen atoms in total. The summed E-state index contributed by atoms with van der Waals surface area (Å²) < 4.78 is 5.77. The second kappa shape index (κ2) is 6.55. The molecule has 25 heavy (non-hydrogen) atoms. The van der Waals surface area contributed by atoms with Crippen LogP contribution < -0.4 is 5.32 Å². The zero-order chi connectivity index (χ0) is 17.4. The van der Waals surface area contributed by atoms with Crippen molar-refractivity contribution in [2.24, 2.45) is 5.92 Å². The Kier molecular flexibility index (Phi) is 4.25. The summed E-state index contributed by atoms with van der Waals surface area (Å²) in [5.41, 5.74) is 2.55. The molecular weight excluding hydrogens is 318 g/mol. The minimum absolute atomic E-state index is 0.0795. The minimum Gasteiger partial charge on any atom is -0.370 e. The van der Waals surface area contributed by atoms with Crippen LogP contribution in [0.5, 0.6) is 0 Å². The summed E-state index contributed by atoms with van der Waals surface area (Å²) in [7, 11) is 0. The normalized spacial score (nSPS) is 23.0. The summed E-state index contributed by atoms with van der Waals surface area (Å²) in [6, 6.07) is 3.88. The van der Waals surface area contributed by atoms with Gasteiger partial charge in [0.2, 0.25) is 0 Å². The highest BCUT2D eigenvalue weighted by molar-refractivity contribution is 5.95. The highest BCUT2D eigenvalue weighted by atomic mass is 16.5. The van der Waals surface area contributed by atoms with Crippen molar-refractivity contribution in [1.82, 2.24) is 25.5 Å². The maximum Gasteiger partial charge on any atom is 0.253 e. The Morgan fingerprint density at radius 3 is 2.80 bits per heavy atom. The molecule has 3 heterocycles. The first-order valence-electron chi connectivity index (χ1n) is 8.88. The van der Waals surface area contributed by atoms with Crippen molar-refractivity contribution in [3.05, 3.63) is 40.7 Å². The summed E-state index contributed by atoms with van der Waals surface area (Å²) in [4.78, 5) is 21.5. The average molecular weight is 341 g/mol. The first-order chi connectivity index (χ1) is 12.1. The molecule has 1 amide bonds. The van der Waals surface area contributed by atoms with Gasteiger partial charge in [-0.3, -0.25) is 14.9 Å². The molecule has 1 saturated carbocycles. The van der Waals surface area contributed by atoms with Gasteiger partial charge in [-0.15, -0.1) is 0 Å². The number of ether oxygens (including phenoxy) is 1. The van der Waals surface area contributed by atoms with E-state index >= 15 is 0 Å². The third-order valence-corrected chi connectivity index (χ3v) is 4.96. The molecule has 2 atom stereocenters. The fraction of sp³-hybridized carbons (Fsp3) is 0.556. The predicted octanol–water partition coefficient (Wildman–Crippen LogP) is 2.20. The molecule has 7 heteroatoms. The van der Waals surface area contributed by atoms with Gasteiger partial charge in [0, 0.05) is 30.7 Å². The summed E-state index contributed by atoms with van der Waals surface area (Å²) in [6.07, 6.45) is 3.14. The van der Waals surface area contributed by atoms with Crippen LogP contribution >= 0.6 is 0 Å². The number of pyridine rings is 1. The Morgan fingerprint density at radius 2 is 2.12 bits per heavy atom. The minimum atomic E-state index is -0.165. The van der Waals surface area contributed by atoms with E-state index in [4.69, 9.17) is 4.74 Å². The van der Waals surface area contributed by atoms with Crippen LogP contribution in [0.15, 0.2) is 12.1 Å². The monoisotopic (exact) mass is 341 g/mol. The van der Waals surface area contributed by atoms with Crippen molar-refractivity contribution in [3.63, 3.8) is 0 Å². The molecule has 132 valence electrons. The van der Waals surface area contributed by atoms with Gasteiger partial charge < -0.3 is 10.1 Å². The third-order valence-electron chi connectivity index (χ3n) is 4.96. The van der Waals surface area contributed by atoms with Crippen molar-refractivity contribution in [3.8, 4) is 0 Å². The fourth-order valence-corrected chi connectivity index (χ4v) is 3.36. The topological polar surface area (TPSA) is 92.8 Å². The first-order valence-corrected chi connectivity index (χ1v) is 8.88. The maximum atomic E-state index is 12.5. The Hall–Kier alpha value is -2.28. The Morgan fingerprint density at radius 1 is 1.28 bits per heavy atom. The molecule has 2 aromatic rings. The summed E-state index contributed by atoms with van der Waals surface area (Å²) in [5, 5.41) is 10.1. The van der Waals surface area contributed by atoms with Gasteiger partial charge in [0.1, 0.15) is 11.9 Å². The van der Waals surface area contributed by atoms with E-state index < -0.39 is 0 Å². The summed E-state index contributed by atoms with van der Waals surface area (Å²) >= 11 is 0. The van der Waals surface area contributed by atoms with E-state index in [1.807, 2.05) is 26.0 Å². The second-order valence-corrected chi connectivity index (χ2v) is 6.97. The molecule has 2 fully saturated rings. The highest BCUT2D eigenvalue weighted by Crippen LogP contribution is 2.39. The Bertz CT molecular complexity index is 784. The molecule has 4 rings (SSSR count). The number of carbonyl (C=O) groups excluding carboxylic acids is 1. The zero-order valence-corrected chi connectivity index (χ0v) is 14.6. The van der Waals surface area contributed by atoms with E-state index in [1.165, 1.54) is 12.8 Å². The number of amides is 1. The number of aromatic amines is 1. The quantitative estimate of drug-likeness (QED) is 0.870. The van der Waals surface area contributed by atoms with Crippen molar-refractivity contribution < 1.29 is 9.53 Å². The van der Waals surface area contributed by atoms with Gasteiger partial charge in [0.15, 0.2) is 5.82 Å². The molecule has 2 aromatic heterocycles. The molecule has 0 spiro atoms. The third kappa shape index (κ3) is 3.42. The van der Waals surface area contributed by atoms with Crippen LogP contribution in [-0.2, 0) is 4.74 Å². The fourth-order valence-electron chi connectivity index (χ4n) is 3.36. The van der Waals surface area contributed by atoms with Crippen molar-refractivity contribution in [2.75, 3.05) is 13.2 Å². The standard InChI is InChI=1S/C18H23N5O2/c1-10-14(5-6-15(20-10)12-3-4-12)18(24)19-9-13-7-8-25-16(13)17-21-11(2)22-23-17/h5-6,12-13,16H,3-4,7-9H2,1-2H3,(H,19,24)(H,21,22,23)/t13-,16-/m0/s1. The molecule has 0 radical (unpaired) electrons. The number of nitrogens with one attached hydrogen (secondary N) is 2. The first kappa shape index (κ1) is 16.2. The number of nitrogens with zero attached hydrogens (tertiary/aromatic N) is 3. The number of aromatic nitrogens is 4. The summed E-state index contributed by atoms with van der Waals surface area (Å²) in [6.45, 7) is 4.97. The van der Waals surface area contributed by atoms with E-state index in [2.05, 4.69) is 25.5 Å². The lowest BCUT2D eigenvalue weighted by Gasteiger charge is -2.16. The molecule has 0 bridgehead atoms.